The number of fused-ring (bicyclic) bond motifs is 1. The SMILES string of the molecule is O=C(COC(=O)c1c[nH]c2ccccc12)Nc1nnc(-c2ccccc2)o1. The van der Waals surface area contributed by atoms with Gasteiger partial charge in [0.25, 0.3) is 5.91 Å². The smallest absolute Gasteiger partial charge is 0.340 e. The Hall–Kier alpha value is -3.94. The Balaban J connectivity index is 1.36. The molecule has 0 aliphatic carbocycles. The number of carbonyl (C=O) groups excluding carboxylic acids is 2. The average molecular weight is 362 g/mol. The number of nitrogens with zero attached hydrogens (tertiary/aromatic N) is 2. The number of amides is 1. The Labute approximate surface area is 153 Å². The molecule has 0 aliphatic rings. The summed E-state index contributed by atoms with van der Waals surface area (Å²) in [4.78, 5) is 27.1. The number of aromatic nitrogens is 3. The maximum Gasteiger partial charge on any atom is 0.340 e. The first-order valence-electron chi connectivity index (χ1n) is 8.13. The van der Waals surface area contributed by atoms with Crippen molar-refractivity contribution < 1.29 is 18.7 Å². The number of H-pyrrole nitrogens is 1. The van der Waals surface area contributed by atoms with Crippen molar-refractivity contribution in [3.05, 3.63) is 66.4 Å². The van der Waals surface area contributed by atoms with Crippen molar-refractivity contribution in [3.8, 4) is 11.5 Å². The molecule has 0 bridgehead atoms. The highest BCUT2D eigenvalue weighted by atomic mass is 16.5. The van der Waals surface area contributed by atoms with E-state index in [1.807, 2.05) is 48.5 Å². The van der Waals surface area contributed by atoms with Gasteiger partial charge in [0.2, 0.25) is 5.89 Å². The lowest BCUT2D eigenvalue weighted by Gasteiger charge is -2.03. The lowest BCUT2D eigenvalue weighted by atomic mass is 10.2. The van der Waals surface area contributed by atoms with Gasteiger partial charge >= 0.3 is 12.0 Å². The van der Waals surface area contributed by atoms with E-state index >= 15 is 0 Å². The first-order chi connectivity index (χ1) is 13.2. The summed E-state index contributed by atoms with van der Waals surface area (Å²) < 4.78 is 10.4. The number of hydrogen-bond donors (Lipinski definition) is 2. The number of para-hydroxylation sites is 1. The molecule has 2 aromatic carbocycles. The van der Waals surface area contributed by atoms with Crippen LogP contribution in [0.2, 0.25) is 0 Å². The van der Waals surface area contributed by atoms with E-state index in [1.165, 1.54) is 0 Å². The van der Waals surface area contributed by atoms with Gasteiger partial charge in [-0.25, -0.2) is 4.79 Å². The number of carbonyl (C=O) groups is 2. The van der Waals surface area contributed by atoms with Crippen molar-refractivity contribution in [2.75, 3.05) is 11.9 Å². The molecule has 4 aromatic rings. The molecular weight excluding hydrogens is 348 g/mol. The van der Waals surface area contributed by atoms with Crippen molar-refractivity contribution in [3.63, 3.8) is 0 Å². The summed E-state index contributed by atoms with van der Waals surface area (Å²) in [5.74, 6) is -0.897. The van der Waals surface area contributed by atoms with E-state index in [9.17, 15) is 9.59 Å². The molecular formula is C19H14N4O4. The van der Waals surface area contributed by atoms with E-state index < -0.39 is 18.5 Å². The zero-order valence-electron chi connectivity index (χ0n) is 14.0. The maximum atomic E-state index is 12.2. The number of aromatic amines is 1. The highest BCUT2D eigenvalue weighted by Crippen LogP contribution is 2.20. The number of anilines is 1. The van der Waals surface area contributed by atoms with Crippen LogP contribution >= 0.6 is 0 Å². The van der Waals surface area contributed by atoms with Crippen molar-refractivity contribution in [2.24, 2.45) is 0 Å². The number of esters is 1. The van der Waals surface area contributed by atoms with Gasteiger partial charge < -0.3 is 14.1 Å². The minimum absolute atomic E-state index is 0.0676. The van der Waals surface area contributed by atoms with Crippen LogP contribution in [0.15, 0.2) is 65.2 Å². The van der Waals surface area contributed by atoms with Gasteiger partial charge in [-0.1, -0.05) is 41.5 Å². The Morgan fingerprint density at radius 1 is 1.04 bits per heavy atom. The van der Waals surface area contributed by atoms with Gasteiger partial charge in [0.05, 0.1) is 5.56 Å². The van der Waals surface area contributed by atoms with Crippen LogP contribution in [0.3, 0.4) is 0 Å². The van der Waals surface area contributed by atoms with E-state index in [0.29, 0.717) is 5.56 Å². The lowest BCUT2D eigenvalue weighted by Crippen LogP contribution is -2.21. The lowest BCUT2D eigenvalue weighted by molar-refractivity contribution is -0.119. The van der Waals surface area contributed by atoms with E-state index in [0.717, 1.165) is 16.5 Å². The van der Waals surface area contributed by atoms with Gasteiger partial charge in [0, 0.05) is 22.7 Å². The monoisotopic (exact) mass is 362 g/mol. The third kappa shape index (κ3) is 3.54. The van der Waals surface area contributed by atoms with Gasteiger partial charge in [-0.05, 0) is 18.2 Å². The van der Waals surface area contributed by atoms with Crippen LogP contribution in [0.5, 0.6) is 0 Å². The number of ether oxygens (including phenoxy) is 1. The number of nitrogens with one attached hydrogen (secondary N) is 2. The molecule has 0 aliphatic heterocycles. The minimum atomic E-state index is -0.599. The van der Waals surface area contributed by atoms with E-state index in [1.54, 1.807) is 12.3 Å². The molecule has 134 valence electrons. The van der Waals surface area contributed by atoms with Gasteiger partial charge in [-0.3, -0.25) is 10.1 Å². The predicted octanol–water partition coefficient (Wildman–Crippen LogP) is 3.01. The van der Waals surface area contributed by atoms with Crippen LogP contribution in [0, 0.1) is 0 Å². The molecule has 0 saturated carbocycles. The van der Waals surface area contributed by atoms with Gasteiger partial charge in [-0.2, -0.15) is 0 Å². The van der Waals surface area contributed by atoms with Crippen LogP contribution in [0.4, 0.5) is 6.01 Å². The molecule has 0 radical (unpaired) electrons. The molecule has 4 rings (SSSR count). The zero-order valence-corrected chi connectivity index (χ0v) is 14.0. The third-order valence-electron chi connectivity index (χ3n) is 3.84. The second-order valence-electron chi connectivity index (χ2n) is 5.65. The third-order valence-corrected chi connectivity index (χ3v) is 3.84. The molecule has 2 aromatic heterocycles. The quantitative estimate of drug-likeness (QED) is 0.528. The van der Waals surface area contributed by atoms with Crippen LogP contribution in [0.25, 0.3) is 22.4 Å². The fourth-order valence-electron chi connectivity index (χ4n) is 2.58. The predicted molar refractivity (Wildman–Crippen MR) is 96.9 cm³/mol. The second-order valence-corrected chi connectivity index (χ2v) is 5.65. The van der Waals surface area contributed by atoms with E-state index in [2.05, 4.69) is 20.5 Å². The molecule has 27 heavy (non-hydrogen) atoms. The molecule has 0 unspecified atom stereocenters. The standard InChI is InChI=1S/C19H14N4O4/c24-16(21-19-23-22-17(27-19)12-6-2-1-3-7-12)11-26-18(25)14-10-20-15-9-5-4-8-13(14)15/h1-10,20H,11H2,(H,21,23,24). The van der Waals surface area contributed by atoms with Crippen molar-refractivity contribution in [2.45, 2.75) is 0 Å². The Bertz CT molecular complexity index is 1100. The van der Waals surface area contributed by atoms with Gasteiger partial charge in [-0.15, -0.1) is 5.10 Å². The highest BCUT2D eigenvalue weighted by Gasteiger charge is 2.16. The zero-order chi connectivity index (χ0) is 18.6. The first kappa shape index (κ1) is 16.5. The molecule has 0 spiro atoms. The minimum Gasteiger partial charge on any atom is -0.452 e. The summed E-state index contributed by atoms with van der Waals surface area (Å²) in [7, 11) is 0. The van der Waals surface area contributed by atoms with Gasteiger partial charge in [0.1, 0.15) is 0 Å². The molecule has 0 fully saturated rings. The van der Waals surface area contributed by atoms with Crippen LogP contribution in [-0.4, -0.2) is 33.7 Å². The molecule has 8 nitrogen and oxygen atoms in total. The number of benzene rings is 2. The summed E-state index contributed by atoms with van der Waals surface area (Å²) >= 11 is 0. The largest absolute Gasteiger partial charge is 0.452 e. The molecule has 0 atom stereocenters. The topological polar surface area (TPSA) is 110 Å². The van der Waals surface area contributed by atoms with Crippen molar-refractivity contribution in [1.82, 2.24) is 15.2 Å². The van der Waals surface area contributed by atoms with Crippen molar-refractivity contribution in [1.29, 1.82) is 0 Å². The Kier molecular flexibility index (Phi) is 4.36. The summed E-state index contributed by atoms with van der Waals surface area (Å²) in [6.07, 6.45) is 1.55. The summed E-state index contributed by atoms with van der Waals surface area (Å²) in [6.45, 7) is -0.471. The summed E-state index contributed by atoms with van der Waals surface area (Å²) in [6, 6.07) is 16.4. The van der Waals surface area contributed by atoms with Gasteiger partial charge in [0.15, 0.2) is 6.61 Å². The molecule has 2 heterocycles. The Morgan fingerprint density at radius 2 is 1.81 bits per heavy atom. The van der Waals surface area contributed by atoms with Crippen LogP contribution in [0.1, 0.15) is 10.4 Å². The fraction of sp³-hybridized carbons (Fsp3) is 0.0526. The highest BCUT2D eigenvalue weighted by molar-refractivity contribution is 6.04. The van der Waals surface area contributed by atoms with E-state index in [-0.39, 0.29) is 11.9 Å². The van der Waals surface area contributed by atoms with Crippen molar-refractivity contribution >= 4 is 28.8 Å². The normalized spacial score (nSPS) is 10.7. The van der Waals surface area contributed by atoms with Crippen LogP contribution in [-0.2, 0) is 9.53 Å². The van der Waals surface area contributed by atoms with E-state index in [4.69, 9.17) is 9.15 Å². The average Bonchev–Trinajstić information content (AvgIpc) is 3.34. The second kappa shape index (κ2) is 7.12. The number of hydrogen-bond acceptors (Lipinski definition) is 6. The first-order valence-corrected chi connectivity index (χ1v) is 8.13. The molecule has 1 amide bonds. The maximum absolute atomic E-state index is 12.2. The fourth-order valence-corrected chi connectivity index (χ4v) is 2.58. The van der Waals surface area contributed by atoms with Crippen LogP contribution < -0.4 is 5.32 Å². The number of rotatable bonds is 5. The summed E-state index contributed by atoms with van der Waals surface area (Å²) in [5.41, 5.74) is 1.91. The summed E-state index contributed by atoms with van der Waals surface area (Å²) in [5, 5.41) is 10.8. The Morgan fingerprint density at radius 3 is 2.67 bits per heavy atom. The molecule has 2 N–H and O–H groups in total. The molecule has 8 heteroatoms. The molecule has 0 saturated heterocycles.